The van der Waals surface area contributed by atoms with Gasteiger partial charge in [-0.05, 0) is 36.4 Å². The lowest BCUT2D eigenvalue weighted by Crippen LogP contribution is -2.29. The molecule has 1 N–H and O–H groups in total. The average Bonchev–Trinajstić information content (AvgIpc) is 2.89. The van der Waals surface area contributed by atoms with Gasteiger partial charge in [-0.1, -0.05) is 29.8 Å². The molecule has 1 aliphatic rings. The molecule has 110 valence electrons. The van der Waals surface area contributed by atoms with Crippen molar-refractivity contribution < 1.29 is 9.59 Å². The zero-order chi connectivity index (χ0) is 15.5. The van der Waals surface area contributed by atoms with Crippen LogP contribution in [0.2, 0.25) is 5.02 Å². The fourth-order valence-corrected chi connectivity index (χ4v) is 2.20. The van der Waals surface area contributed by atoms with Crippen LogP contribution in [0.25, 0.3) is 0 Å². The zero-order valence-corrected chi connectivity index (χ0v) is 12.2. The van der Waals surface area contributed by atoms with Crippen LogP contribution in [0.3, 0.4) is 0 Å². The Morgan fingerprint density at radius 1 is 1.09 bits per heavy atom. The molecule has 0 aliphatic carbocycles. The van der Waals surface area contributed by atoms with E-state index >= 15 is 0 Å². The second kappa shape index (κ2) is 5.99. The number of hydrogen-bond donors (Lipinski definition) is 1. The summed E-state index contributed by atoms with van der Waals surface area (Å²) in [7, 11) is 0. The minimum absolute atomic E-state index is 0.0637. The number of benzene rings is 2. The number of nitrogens with zero attached hydrogens (tertiary/aromatic N) is 2. The maximum absolute atomic E-state index is 12.1. The lowest BCUT2D eigenvalue weighted by Gasteiger charge is -2.10. The number of para-hydroxylation sites is 1. The number of halogens is 1. The van der Waals surface area contributed by atoms with E-state index in [4.69, 9.17) is 11.6 Å². The van der Waals surface area contributed by atoms with Gasteiger partial charge in [-0.25, -0.2) is 0 Å². The molecule has 0 fully saturated rings. The largest absolute Gasteiger partial charge is 0.308 e. The van der Waals surface area contributed by atoms with E-state index in [1.807, 2.05) is 18.2 Å². The van der Waals surface area contributed by atoms with Crippen LogP contribution in [0.5, 0.6) is 0 Å². The molecule has 5 nitrogen and oxygen atoms in total. The summed E-state index contributed by atoms with van der Waals surface area (Å²) in [6.45, 7) is 0. The van der Waals surface area contributed by atoms with Crippen molar-refractivity contribution in [2.24, 2.45) is 5.10 Å². The Morgan fingerprint density at radius 3 is 2.45 bits per heavy atom. The molecular formula is C16H12ClN3O2. The highest BCUT2D eigenvalue weighted by Gasteiger charge is 2.26. The van der Waals surface area contributed by atoms with Gasteiger partial charge in [0.1, 0.15) is 5.84 Å². The Kier molecular flexibility index (Phi) is 3.89. The minimum Gasteiger partial charge on any atom is -0.308 e. The van der Waals surface area contributed by atoms with E-state index in [0.29, 0.717) is 22.1 Å². The smallest absolute Gasteiger partial charge is 0.256 e. The van der Waals surface area contributed by atoms with Crippen LogP contribution in [-0.2, 0) is 4.79 Å². The Hall–Kier alpha value is -2.66. The summed E-state index contributed by atoms with van der Waals surface area (Å²) in [5.41, 5.74) is 1.13. The summed E-state index contributed by atoms with van der Waals surface area (Å²) in [5.74, 6) is -0.176. The van der Waals surface area contributed by atoms with Gasteiger partial charge in [-0.2, -0.15) is 10.1 Å². The van der Waals surface area contributed by atoms with Crippen LogP contribution in [-0.4, -0.2) is 17.6 Å². The number of hydrazone groups is 1. The number of amides is 2. The van der Waals surface area contributed by atoms with E-state index in [1.54, 1.807) is 36.4 Å². The van der Waals surface area contributed by atoms with Gasteiger partial charge in [-0.15, -0.1) is 0 Å². The maximum Gasteiger partial charge on any atom is 0.256 e. The third kappa shape index (κ3) is 2.99. The number of carbonyl (C=O) groups excluding carboxylic acids is 2. The summed E-state index contributed by atoms with van der Waals surface area (Å²) < 4.78 is 0. The minimum atomic E-state index is -0.321. The van der Waals surface area contributed by atoms with Crippen molar-refractivity contribution in [3.05, 3.63) is 65.2 Å². The van der Waals surface area contributed by atoms with E-state index < -0.39 is 0 Å². The van der Waals surface area contributed by atoms with E-state index in [1.165, 1.54) is 5.01 Å². The first-order chi connectivity index (χ1) is 10.6. The van der Waals surface area contributed by atoms with Crippen LogP contribution in [0.1, 0.15) is 16.8 Å². The van der Waals surface area contributed by atoms with Crippen LogP contribution in [0.15, 0.2) is 59.7 Å². The molecule has 0 radical (unpaired) electrons. The van der Waals surface area contributed by atoms with Crippen molar-refractivity contribution in [3.63, 3.8) is 0 Å². The number of hydrogen-bond acceptors (Lipinski definition) is 3. The molecule has 0 atom stereocenters. The van der Waals surface area contributed by atoms with Crippen molar-refractivity contribution in [3.8, 4) is 0 Å². The number of nitrogens with one attached hydrogen (secondary N) is 1. The Bertz CT molecular complexity index is 742. The van der Waals surface area contributed by atoms with Gasteiger partial charge in [0.25, 0.3) is 11.8 Å². The third-order valence-corrected chi connectivity index (χ3v) is 3.39. The molecular weight excluding hydrogens is 302 g/mol. The first kappa shape index (κ1) is 14.3. The quantitative estimate of drug-likeness (QED) is 0.926. The monoisotopic (exact) mass is 313 g/mol. The van der Waals surface area contributed by atoms with Crippen LogP contribution >= 0.6 is 11.6 Å². The molecule has 0 spiro atoms. The molecule has 3 rings (SSSR count). The van der Waals surface area contributed by atoms with Gasteiger partial charge in [0.15, 0.2) is 0 Å². The van der Waals surface area contributed by atoms with Crippen molar-refractivity contribution >= 4 is 34.9 Å². The molecule has 0 bridgehead atoms. The van der Waals surface area contributed by atoms with E-state index in [2.05, 4.69) is 10.4 Å². The predicted octanol–water partition coefficient (Wildman–Crippen LogP) is 2.82. The summed E-state index contributed by atoms with van der Waals surface area (Å²) in [6.07, 6.45) is 0.0637. The fraction of sp³-hybridized carbons (Fsp3) is 0.0625. The van der Waals surface area contributed by atoms with Gasteiger partial charge in [-0.3, -0.25) is 9.59 Å². The first-order valence-electron chi connectivity index (χ1n) is 6.66. The molecule has 2 amide bonds. The molecule has 0 saturated carbocycles. The van der Waals surface area contributed by atoms with Gasteiger partial charge >= 0.3 is 0 Å². The van der Waals surface area contributed by atoms with Gasteiger partial charge in [0.05, 0.1) is 12.1 Å². The van der Waals surface area contributed by atoms with E-state index in [0.717, 1.165) is 0 Å². The third-order valence-electron chi connectivity index (χ3n) is 3.14. The second-order valence-electron chi connectivity index (χ2n) is 4.73. The van der Waals surface area contributed by atoms with Gasteiger partial charge in [0, 0.05) is 10.6 Å². The van der Waals surface area contributed by atoms with Crippen LogP contribution in [0.4, 0.5) is 5.69 Å². The fourth-order valence-electron chi connectivity index (χ4n) is 2.07. The summed E-state index contributed by atoms with van der Waals surface area (Å²) in [4.78, 5) is 24.1. The van der Waals surface area contributed by atoms with Gasteiger partial charge < -0.3 is 5.32 Å². The molecule has 1 heterocycles. The van der Waals surface area contributed by atoms with Crippen LogP contribution in [0, 0.1) is 0 Å². The lowest BCUT2D eigenvalue weighted by atomic mass is 10.2. The Labute approximate surface area is 132 Å². The highest BCUT2D eigenvalue weighted by molar-refractivity contribution is 6.30. The summed E-state index contributed by atoms with van der Waals surface area (Å²) >= 11 is 5.79. The molecule has 2 aromatic rings. The Morgan fingerprint density at radius 2 is 1.77 bits per heavy atom. The standard InChI is InChI=1S/C16H12ClN3O2/c17-12-8-6-11(7-9-12)16(22)18-14-10-15(21)20(19-14)13-4-2-1-3-5-13/h1-9H,10H2,(H,18,19,22). The summed E-state index contributed by atoms with van der Waals surface area (Å²) in [6, 6.07) is 15.6. The zero-order valence-electron chi connectivity index (χ0n) is 11.5. The molecule has 2 aromatic carbocycles. The number of amidine groups is 1. The highest BCUT2D eigenvalue weighted by atomic mass is 35.5. The maximum atomic E-state index is 12.1. The average molecular weight is 314 g/mol. The predicted molar refractivity (Wildman–Crippen MR) is 84.9 cm³/mol. The van der Waals surface area contributed by atoms with Gasteiger partial charge in [0.2, 0.25) is 0 Å². The Balaban J connectivity index is 1.74. The number of rotatable bonds is 2. The van der Waals surface area contributed by atoms with Crippen molar-refractivity contribution in [1.82, 2.24) is 5.32 Å². The van der Waals surface area contributed by atoms with Crippen LogP contribution < -0.4 is 10.3 Å². The van der Waals surface area contributed by atoms with E-state index in [-0.39, 0.29) is 18.2 Å². The van der Waals surface area contributed by atoms with Crippen molar-refractivity contribution in [1.29, 1.82) is 0 Å². The van der Waals surface area contributed by atoms with E-state index in [9.17, 15) is 9.59 Å². The second-order valence-corrected chi connectivity index (χ2v) is 5.16. The molecule has 0 saturated heterocycles. The molecule has 0 aromatic heterocycles. The lowest BCUT2D eigenvalue weighted by molar-refractivity contribution is -0.116. The molecule has 6 heteroatoms. The number of carbonyl (C=O) groups is 2. The molecule has 0 unspecified atom stereocenters. The SMILES string of the molecule is O=C(NC1=NN(c2ccccc2)C(=O)C1)c1ccc(Cl)cc1. The van der Waals surface area contributed by atoms with Crippen molar-refractivity contribution in [2.75, 3.05) is 5.01 Å². The first-order valence-corrected chi connectivity index (χ1v) is 7.04. The number of anilines is 1. The topological polar surface area (TPSA) is 61.8 Å². The van der Waals surface area contributed by atoms with Crippen molar-refractivity contribution in [2.45, 2.75) is 6.42 Å². The summed E-state index contributed by atoms with van der Waals surface area (Å²) in [5, 5.41) is 8.66. The molecule has 22 heavy (non-hydrogen) atoms. The normalized spacial score (nSPS) is 14.0. The highest BCUT2D eigenvalue weighted by Crippen LogP contribution is 2.19. The molecule has 1 aliphatic heterocycles.